The molecule has 2 rings (SSSR count). The summed E-state index contributed by atoms with van der Waals surface area (Å²) in [5.41, 5.74) is 2.58. The van der Waals surface area contributed by atoms with Crippen molar-refractivity contribution in [2.75, 3.05) is 13.1 Å². The van der Waals surface area contributed by atoms with E-state index in [0.29, 0.717) is 5.92 Å². The van der Waals surface area contributed by atoms with E-state index in [2.05, 4.69) is 17.9 Å². The summed E-state index contributed by atoms with van der Waals surface area (Å²) in [5.74, 6) is 0.433. The Morgan fingerprint density at radius 1 is 1.53 bits per heavy atom. The van der Waals surface area contributed by atoms with Crippen LogP contribution in [0.4, 0.5) is 0 Å². The number of rotatable bonds is 3. The number of halogens is 1. The number of aryl methyl sites for hydroxylation is 1. The normalized spacial score (nSPS) is 22.9. The van der Waals surface area contributed by atoms with Crippen LogP contribution in [0.5, 0.6) is 0 Å². The number of nitrogens with zero attached hydrogens (tertiary/aromatic N) is 1. The highest BCUT2D eigenvalue weighted by atomic mass is 35.5. The maximum Gasteiger partial charge on any atom is 0.0552 e. The molecule has 0 radical (unpaired) electrons. The molecule has 0 aliphatic carbocycles. The van der Waals surface area contributed by atoms with E-state index in [4.69, 9.17) is 11.6 Å². The number of hydrogen-bond donors (Lipinski definition) is 1. The first kappa shape index (κ1) is 12.9. The lowest BCUT2D eigenvalue weighted by molar-refractivity contribution is 0.127. The van der Waals surface area contributed by atoms with E-state index in [1.54, 1.807) is 0 Å². The molecule has 1 fully saturated rings. The molecular formula is C14H20ClNO. The van der Waals surface area contributed by atoms with Crippen molar-refractivity contribution < 1.29 is 5.11 Å². The highest BCUT2D eigenvalue weighted by molar-refractivity contribution is 6.30. The molecule has 1 aliphatic heterocycles. The van der Waals surface area contributed by atoms with Gasteiger partial charge in [-0.1, -0.05) is 17.7 Å². The van der Waals surface area contributed by atoms with Crippen molar-refractivity contribution in [1.82, 2.24) is 4.90 Å². The van der Waals surface area contributed by atoms with Crippen LogP contribution in [0.15, 0.2) is 18.2 Å². The standard InChI is InChI=1S/C14H20ClNO/c1-10-7-14(15)4-3-12(10)8-16-6-5-13(9-16)11(2)17/h3-4,7,11,13,17H,5-6,8-9H2,1-2H3/t11-,13+/m1/s1. The Morgan fingerprint density at radius 2 is 2.29 bits per heavy atom. The van der Waals surface area contributed by atoms with Gasteiger partial charge in [0.1, 0.15) is 0 Å². The lowest BCUT2D eigenvalue weighted by Crippen LogP contribution is -2.24. The van der Waals surface area contributed by atoms with Crippen LogP contribution in [0.1, 0.15) is 24.5 Å². The fourth-order valence-corrected chi connectivity index (χ4v) is 2.70. The Bertz CT molecular complexity index is 392. The van der Waals surface area contributed by atoms with E-state index >= 15 is 0 Å². The Labute approximate surface area is 108 Å². The third kappa shape index (κ3) is 3.21. The molecule has 2 atom stereocenters. The molecule has 94 valence electrons. The van der Waals surface area contributed by atoms with Crippen LogP contribution < -0.4 is 0 Å². The predicted octanol–water partition coefficient (Wildman–Crippen LogP) is 2.85. The van der Waals surface area contributed by atoms with Crippen molar-refractivity contribution in [2.45, 2.75) is 32.9 Å². The maximum absolute atomic E-state index is 9.58. The Hall–Kier alpha value is -0.570. The van der Waals surface area contributed by atoms with Gasteiger partial charge in [-0.05, 0) is 56.0 Å². The second-order valence-corrected chi connectivity index (χ2v) is 5.53. The summed E-state index contributed by atoms with van der Waals surface area (Å²) in [7, 11) is 0. The largest absolute Gasteiger partial charge is 0.393 e. The van der Waals surface area contributed by atoms with Crippen molar-refractivity contribution in [3.63, 3.8) is 0 Å². The summed E-state index contributed by atoms with van der Waals surface area (Å²) >= 11 is 5.95. The van der Waals surface area contributed by atoms with E-state index < -0.39 is 0 Å². The maximum atomic E-state index is 9.58. The van der Waals surface area contributed by atoms with Gasteiger partial charge >= 0.3 is 0 Å². The summed E-state index contributed by atoms with van der Waals surface area (Å²) in [6, 6.07) is 6.07. The molecule has 0 amide bonds. The summed E-state index contributed by atoms with van der Waals surface area (Å²) in [5, 5.41) is 10.4. The molecule has 0 aromatic heterocycles. The van der Waals surface area contributed by atoms with Gasteiger partial charge in [0, 0.05) is 18.1 Å². The van der Waals surface area contributed by atoms with Gasteiger partial charge in [0.15, 0.2) is 0 Å². The van der Waals surface area contributed by atoms with Crippen molar-refractivity contribution in [1.29, 1.82) is 0 Å². The Morgan fingerprint density at radius 3 is 2.88 bits per heavy atom. The van der Waals surface area contributed by atoms with E-state index in [-0.39, 0.29) is 6.10 Å². The van der Waals surface area contributed by atoms with Gasteiger partial charge in [0.05, 0.1) is 6.10 Å². The van der Waals surface area contributed by atoms with Gasteiger partial charge < -0.3 is 5.11 Å². The first-order valence-electron chi connectivity index (χ1n) is 6.21. The topological polar surface area (TPSA) is 23.5 Å². The minimum absolute atomic E-state index is 0.189. The van der Waals surface area contributed by atoms with Gasteiger partial charge in [0.2, 0.25) is 0 Å². The van der Waals surface area contributed by atoms with Crippen LogP contribution >= 0.6 is 11.6 Å². The van der Waals surface area contributed by atoms with Gasteiger partial charge in [-0.25, -0.2) is 0 Å². The quantitative estimate of drug-likeness (QED) is 0.896. The Kier molecular flexibility index (Phi) is 4.08. The molecule has 0 bridgehead atoms. The third-order valence-corrected chi connectivity index (χ3v) is 3.92. The van der Waals surface area contributed by atoms with Crippen molar-refractivity contribution in [2.24, 2.45) is 5.92 Å². The number of aliphatic hydroxyl groups is 1. The highest BCUT2D eigenvalue weighted by Crippen LogP contribution is 2.23. The molecule has 17 heavy (non-hydrogen) atoms. The zero-order chi connectivity index (χ0) is 12.4. The SMILES string of the molecule is Cc1cc(Cl)ccc1CN1CC[C@H]([C@@H](C)O)C1. The smallest absolute Gasteiger partial charge is 0.0552 e. The van der Waals surface area contributed by atoms with Crippen LogP contribution in [0.3, 0.4) is 0 Å². The molecule has 0 unspecified atom stereocenters. The number of hydrogen-bond acceptors (Lipinski definition) is 2. The Balaban J connectivity index is 1.98. The lowest BCUT2D eigenvalue weighted by atomic mass is 10.0. The molecule has 1 heterocycles. The van der Waals surface area contributed by atoms with Crippen LogP contribution in [-0.2, 0) is 6.54 Å². The average molecular weight is 254 g/mol. The zero-order valence-corrected chi connectivity index (χ0v) is 11.2. The number of benzene rings is 1. The average Bonchev–Trinajstić information content (AvgIpc) is 2.71. The van der Waals surface area contributed by atoms with Gasteiger partial charge in [-0.15, -0.1) is 0 Å². The van der Waals surface area contributed by atoms with Crippen molar-refractivity contribution in [3.05, 3.63) is 34.3 Å². The van der Waals surface area contributed by atoms with Crippen LogP contribution in [0.25, 0.3) is 0 Å². The molecule has 3 heteroatoms. The third-order valence-electron chi connectivity index (χ3n) is 3.69. The molecule has 0 saturated carbocycles. The molecule has 1 aromatic carbocycles. The second kappa shape index (κ2) is 5.38. The van der Waals surface area contributed by atoms with Gasteiger partial charge in [0.25, 0.3) is 0 Å². The first-order valence-corrected chi connectivity index (χ1v) is 6.59. The molecule has 1 N–H and O–H groups in total. The van der Waals surface area contributed by atoms with E-state index in [1.807, 2.05) is 19.1 Å². The molecule has 0 spiro atoms. The van der Waals surface area contributed by atoms with Crippen LogP contribution in [0, 0.1) is 12.8 Å². The summed E-state index contributed by atoms with van der Waals surface area (Å²) < 4.78 is 0. The molecule has 1 aliphatic rings. The highest BCUT2D eigenvalue weighted by Gasteiger charge is 2.25. The van der Waals surface area contributed by atoms with E-state index in [0.717, 1.165) is 31.1 Å². The monoisotopic (exact) mass is 253 g/mol. The molecule has 1 aromatic rings. The second-order valence-electron chi connectivity index (χ2n) is 5.10. The predicted molar refractivity (Wildman–Crippen MR) is 71.3 cm³/mol. The number of likely N-dealkylation sites (tertiary alicyclic amines) is 1. The van der Waals surface area contributed by atoms with E-state index in [9.17, 15) is 5.11 Å². The molecule has 1 saturated heterocycles. The molecular weight excluding hydrogens is 234 g/mol. The summed E-state index contributed by atoms with van der Waals surface area (Å²) in [6.45, 7) is 7.04. The minimum Gasteiger partial charge on any atom is -0.393 e. The van der Waals surface area contributed by atoms with Crippen molar-refractivity contribution in [3.8, 4) is 0 Å². The zero-order valence-electron chi connectivity index (χ0n) is 10.5. The fourth-order valence-electron chi connectivity index (χ4n) is 2.48. The van der Waals surface area contributed by atoms with E-state index in [1.165, 1.54) is 11.1 Å². The van der Waals surface area contributed by atoms with Gasteiger partial charge in [-0.3, -0.25) is 4.90 Å². The van der Waals surface area contributed by atoms with Crippen molar-refractivity contribution >= 4 is 11.6 Å². The number of aliphatic hydroxyl groups excluding tert-OH is 1. The summed E-state index contributed by atoms with van der Waals surface area (Å²) in [4.78, 5) is 2.41. The first-order chi connectivity index (χ1) is 8.06. The minimum atomic E-state index is -0.189. The van der Waals surface area contributed by atoms with Gasteiger partial charge in [-0.2, -0.15) is 0 Å². The van der Waals surface area contributed by atoms with Crippen LogP contribution in [-0.4, -0.2) is 29.2 Å². The lowest BCUT2D eigenvalue weighted by Gasteiger charge is -2.18. The molecule has 2 nitrogen and oxygen atoms in total. The fraction of sp³-hybridized carbons (Fsp3) is 0.571. The summed E-state index contributed by atoms with van der Waals surface area (Å²) in [6.07, 6.45) is 0.913. The van der Waals surface area contributed by atoms with Crippen LogP contribution in [0.2, 0.25) is 5.02 Å².